The summed E-state index contributed by atoms with van der Waals surface area (Å²) in [6.45, 7) is 8.74. The van der Waals surface area contributed by atoms with Crippen LogP contribution in [-0.4, -0.2) is 38.1 Å². The molecule has 0 aliphatic carbocycles. The lowest BCUT2D eigenvalue weighted by atomic mass is 10.1. The highest BCUT2D eigenvalue weighted by atomic mass is 16.5. The van der Waals surface area contributed by atoms with Crippen LogP contribution in [0.3, 0.4) is 0 Å². The number of carbonyl (C=O) groups is 2. The lowest BCUT2D eigenvalue weighted by molar-refractivity contribution is -0.126. The average Bonchev–Trinajstić information content (AvgIpc) is 2.58. The van der Waals surface area contributed by atoms with E-state index in [4.69, 9.17) is 9.47 Å². The quantitative estimate of drug-likeness (QED) is 0.672. The number of hydrogen-bond acceptors (Lipinski definition) is 4. The third-order valence-electron chi connectivity index (χ3n) is 3.29. The van der Waals surface area contributed by atoms with Gasteiger partial charge in [0.05, 0.1) is 13.7 Å². The van der Waals surface area contributed by atoms with E-state index in [0.717, 1.165) is 5.56 Å². The van der Waals surface area contributed by atoms with Crippen LogP contribution in [0.15, 0.2) is 24.3 Å². The van der Waals surface area contributed by atoms with Crippen molar-refractivity contribution in [3.05, 3.63) is 29.8 Å². The van der Waals surface area contributed by atoms with Gasteiger partial charge in [-0.1, -0.05) is 19.9 Å². The van der Waals surface area contributed by atoms with Gasteiger partial charge in [0.1, 0.15) is 6.04 Å². The van der Waals surface area contributed by atoms with E-state index in [0.29, 0.717) is 30.6 Å². The molecule has 138 valence electrons. The molecular weight excluding hydrogens is 320 g/mol. The predicted octanol–water partition coefficient (Wildman–Crippen LogP) is 2.38. The second-order valence-corrected chi connectivity index (χ2v) is 6.07. The van der Waals surface area contributed by atoms with Crippen molar-refractivity contribution in [3.8, 4) is 11.5 Å². The number of likely N-dealkylation sites (N-methyl/N-ethyl adjacent to an activating group) is 1. The molecule has 0 bridgehead atoms. The van der Waals surface area contributed by atoms with Gasteiger partial charge in [-0.15, -0.1) is 0 Å². The Bertz CT molecular complexity index is 611. The van der Waals surface area contributed by atoms with Crippen LogP contribution in [0.4, 0.5) is 0 Å². The van der Waals surface area contributed by atoms with Gasteiger partial charge in [-0.2, -0.15) is 0 Å². The van der Waals surface area contributed by atoms with E-state index >= 15 is 0 Å². The number of nitrogens with one attached hydrogen (secondary N) is 2. The molecule has 0 radical (unpaired) electrons. The highest BCUT2D eigenvalue weighted by Gasteiger charge is 2.13. The third kappa shape index (κ3) is 7.28. The zero-order chi connectivity index (χ0) is 18.8. The zero-order valence-corrected chi connectivity index (χ0v) is 15.6. The minimum atomic E-state index is -0.585. The number of amides is 2. The van der Waals surface area contributed by atoms with Gasteiger partial charge < -0.3 is 20.1 Å². The van der Waals surface area contributed by atoms with Crippen molar-refractivity contribution in [3.63, 3.8) is 0 Å². The van der Waals surface area contributed by atoms with E-state index in [1.165, 1.54) is 6.08 Å². The largest absolute Gasteiger partial charge is 0.493 e. The summed E-state index contributed by atoms with van der Waals surface area (Å²) in [5, 5.41) is 5.27. The number of hydrogen-bond donors (Lipinski definition) is 2. The first-order valence-corrected chi connectivity index (χ1v) is 8.44. The van der Waals surface area contributed by atoms with E-state index in [1.807, 2.05) is 19.1 Å². The third-order valence-corrected chi connectivity index (χ3v) is 3.29. The predicted molar refractivity (Wildman–Crippen MR) is 98.6 cm³/mol. The highest BCUT2D eigenvalue weighted by Crippen LogP contribution is 2.28. The molecule has 0 unspecified atom stereocenters. The van der Waals surface area contributed by atoms with Crippen molar-refractivity contribution in [2.45, 2.75) is 33.7 Å². The monoisotopic (exact) mass is 348 g/mol. The van der Waals surface area contributed by atoms with Crippen LogP contribution >= 0.6 is 0 Å². The number of carbonyl (C=O) groups excluding carboxylic acids is 2. The summed E-state index contributed by atoms with van der Waals surface area (Å²) in [7, 11) is 1.58. The van der Waals surface area contributed by atoms with Crippen LogP contribution in [0, 0.1) is 5.92 Å². The summed E-state index contributed by atoms with van der Waals surface area (Å²) in [5.41, 5.74) is 0.801. The number of methoxy groups -OCH3 is 1. The Morgan fingerprint density at radius 3 is 2.52 bits per heavy atom. The topological polar surface area (TPSA) is 76.7 Å². The van der Waals surface area contributed by atoms with Crippen molar-refractivity contribution in [1.29, 1.82) is 0 Å². The minimum absolute atomic E-state index is 0.211. The molecule has 0 aromatic heterocycles. The number of ether oxygens (including phenoxy) is 2. The summed E-state index contributed by atoms with van der Waals surface area (Å²) in [6, 6.07) is 4.87. The summed E-state index contributed by atoms with van der Waals surface area (Å²) in [6.07, 6.45) is 3.05. The second-order valence-electron chi connectivity index (χ2n) is 6.07. The van der Waals surface area contributed by atoms with Gasteiger partial charge >= 0.3 is 0 Å². The first-order valence-electron chi connectivity index (χ1n) is 8.44. The van der Waals surface area contributed by atoms with Crippen LogP contribution in [0.2, 0.25) is 0 Å². The Kier molecular flexibility index (Phi) is 8.53. The van der Waals surface area contributed by atoms with E-state index in [-0.39, 0.29) is 11.8 Å². The van der Waals surface area contributed by atoms with E-state index in [9.17, 15) is 9.59 Å². The molecule has 1 aromatic rings. The molecule has 0 aliphatic rings. The smallest absolute Gasteiger partial charge is 0.244 e. The maximum Gasteiger partial charge on any atom is 0.244 e. The maximum atomic E-state index is 11.9. The summed E-state index contributed by atoms with van der Waals surface area (Å²) in [5.74, 6) is 1.15. The van der Waals surface area contributed by atoms with Gasteiger partial charge in [0.2, 0.25) is 11.8 Å². The molecule has 2 amide bonds. The molecule has 1 atom stereocenters. The van der Waals surface area contributed by atoms with Crippen molar-refractivity contribution >= 4 is 17.9 Å². The van der Waals surface area contributed by atoms with Crippen molar-refractivity contribution < 1.29 is 19.1 Å². The van der Waals surface area contributed by atoms with E-state index in [1.54, 1.807) is 26.2 Å². The summed E-state index contributed by atoms with van der Waals surface area (Å²) < 4.78 is 11.0. The van der Waals surface area contributed by atoms with Gasteiger partial charge in [0, 0.05) is 12.6 Å². The molecule has 25 heavy (non-hydrogen) atoms. The van der Waals surface area contributed by atoms with E-state index in [2.05, 4.69) is 24.5 Å². The second kappa shape index (κ2) is 10.4. The molecular formula is C19H28N2O4. The molecule has 0 aliphatic heterocycles. The molecule has 1 aromatic carbocycles. The highest BCUT2D eigenvalue weighted by molar-refractivity contribution is 5.95. The molecule has 0 heterocycles. The van der Waals surface area contributed by atoms with Crippen molar-refractivity contribution in [2.75, 3.05) is 20.3 Å². The fourth-order valence-electron chi connectivity index (χ4n) is 1.99. The van der Waals surface area contributed by atoms with Crippen LogP contribution in [-0.2, 0) is 9.59 Å². The van der Waals surface area contributed by atoms with Crippen LogP contribution in [0.1, 0.15) is 33.3 Å². The van der Waals surface area contributed by atoms with Gasteiger partial charge in [-0.25, -0.2) is 0 Å². The van der Waals surface area contributed by atoms with Gasteiger partial charge in [0.15, 0.2) is 11.5 Å². The van der Waals surface area contributed by atoms with Crippen LogP contribution in [0.25, 0.3) is 6.08 Å². The molecule has 0 fully saturated rings. The lowest BCUT2D eigenvalue weighted by Gasteiger charge is -2.13. The lowest BCUT2D eigenvalue weighted by Crippen LogP contribution is -2.44. The molecule has 0 saturated carbocycles. The zero-order valence-electron chi connectivity index (χ0n) is 15.6. The first-order chi connectivity index (χ1) is 11.9. The maximum absolute atomic E-state index is 11.9. The van der Waals surface area contributed by atoms with E-state index < -0.39 is 6.04 Å². The Morgan fingerprint density at radius 2 is 1.92 bits per heavy atom. The SMILES string of the molecule is CCNC(=O)[C@@H](C)NC(=O)/C=C/c1ccc(OCC(C)C)c(OC)c1. The molecule has 0 saturated heterocycles. The normalized spacial score (nSPS) is 12.1. The Labute approximate surface area is 149 Å². The average molecular weight is 348 g/mol. The van der Waals surface area contributed by atoms with Gasteiger partial charge in [-0.3, -0.25) is 9.59 Å². The Balaban J connectivity index is 2.70. The standard InChI is InChI=1S/C19H28N2O4/c1-6-20-19(23)14(4)21-18(22)10-8-15-7-9-16(17(11-15)24-5)25-12-13(2)3/h7-11,13-14H,6,12H2,1-5H3,(H,20,23)(H,21,22)/b10-8+/t14-/m1/s1. The molecule has 6 heteroatoms. The number of benzene rings is 1. The first kappa shape index (κ1) is 20.5. The van der Waals surface area contributed by atoms with Crippen LogP contribution < -0.4 is 20.1 Å². The summed E-state index contributed by atoms with van der Waals surface area (Å²) in [4.78, 5) is 23.5. The van der Waals surface area contributed by atoms with Crippen molar-refractivity contribution in [2.24, 2.45) is 5.92 Å². The molecule has 2 N–H and O–H groups in total. The molecule has 0 spiro atoms. The van der Waals surface area contributed by atoms with Gasteiger partial charge in [0.25, 0.3) is 0 Å². The Hall–Kier alpha value is -2.50. The molecule has 6 nitrogen and oxygen atoms in total. The number of rotatable bonds is 9. The summed E-state index contributed by atoms with van der Waals surface area (Å²) >= 11 is 0. The van der Waals surface area contributed by atoms with Crippen molar-refractivity contribution in [1.82, 2.24) is 10.6 Å². The Morgan fingerprint density at radius 1 is 1.20 bits per heavy atom. The van der Waals surface area contributed by atoms with Gasteiger partial charge in [-0.05, 0) is 43.5 Å². The fraction of sp³-hybridized carbons (Fsp3) is 0.474. The molecule has 1 rings (SSSR count). The fourth-order valence-corrected chi connectivity index (χ4v) is 1.99. The van der Waals surface area contributed by atoms with Crippen LogP contribution in [0.5, 0.6) is 11.5 Å². The minimum Gasteiger partial charge on any atom is -0.493 e.